The third-order valence-electron chi connectivity index (χ3n) is 7.28. The van der Waals surface area contributed by atoms with Crippen LogP contribution in [0.1, 0.15) is 26.7 Å². The first-order valence-corrected chi connectivity index (χ1v) is 8.88. The summed E-state index contributed by atoms with van der Waals surface area (Å²) in [6.45, 7) is 3.72. The second kappa shape index (κ2) is 5.01. The highest BCUT2D eigenvalue weighted by Crippen LogP contribution is 2.63. The lowest BCUT2D eigenvalue weighted by Crippen LogP contribution is -2.65. The summed E-state index contributed by atoms with van der Waals surface area (Å²) >= 11 is 0. The van der Waals surface area contributed by atoms with Gasteiger partial charge in [-0.15, -0.1) is 0 Å². The molecule has 0 saturated heterocycles. The predicted octanol–water partition coefficient (Wildman–Crippen LogP) is 1.39. The van der Waals surface area contributed by atoms with Gasteiger partial charge in [0.05, 0.1) is 13.2 Å². The van der Waals surface area contributed by atoms with E-state index in [9.17, 15) is 19.5 Å². The maximum absolute atomic E-state index is 13.6. The molecule has 1 N–H and O–H groups in total. The molecule has 4 unspecified atom stereocenters. The molecule has 5 nitrogen and oxygen atoms in total. The van der Waals surface area contributed by atoms with Crippen LogP contribution in [-0.4, -0.2) is 35.9 Å². The summed E-state index contributed by atoms with van der Waals surface area (Å²) in [5, 5.41) is 10.2. The Morgan fingerprint density at radius 3 is 2.58 bits per heavy atom. The number of ketones is 2. The van der Waals surface area contributed by atoms with E-state index in [0.29, 0.717) is 12.8 Å². The first-order chi connectivity index (χ1) is 11.4. The molecule has 3 fully saturated rings. The van der Waals surface area contributed by atoms with Gasteiger partial charge in [0.25, 0.3) is 0 Å². The van der Waals surface area contributed by atoms with Crippen LogP contribution in [0.3, 0.4) is 0 Å². The van der Waals surface area contributed by atoms with E-state index in [2.05, 4.69) is 0 Å². The van der Waals surface area contributed by atoms with Crippen molar-refractivity contribution in [1.29, 1.82) is 0 Å². The van der Waals surface area contributed by atoms with E-state index in [4.69, 9.17) is 4.74 Å². The minimum atomic E-state index is -1.39. The smallest absolute Gasteiger partial charge is 0.320 e. The molecule has 2 bridgehead atoms. The summed E-state index contributed by atoms with van der Waals surface area (Å²) in [6, 6.07) is 0. The van der Waals surface area contributed by atoms with Crippen molar-refractivity contribution in [1.82, 2.24) is 0 Å². The maximum Gasteiger partial charge on any atom is 0.320 e. The molecule has 0 aromatic carbocycles. The van der Waals surface area contributed by atoms with Crippen molar-refractivity contribution in [2.75, 3.05) is 7.11 Å². The normalized spacial score (nSPS) is 52.2. The van der Waals surface area contributed by atoms with Crippen molar-refractivity contribution < 1.29 is 24.2 Å². The van der Waals surface area contributed by atoms with E-state index in [-0.39, 0.29) is 35.2 Å². The van der Waals surface area contributed by atoms with Crippen molar-refractivity contribution in [2.45, 2.75) is 32.8 Å². The first kappa shape index (κ1) is 16.0. The second-order valence-corrected chi connectivity index (χ2v) is 8.15. The molecule has 4 aliphatic rings. The van der Waals surface area contributed by atoms with Crippen LogP contribution in [-0.2, 0) is 19.1 Å². The Hall–Kier alpha value is -1.49. The van der Waals surface area contributed by atoms with Crippen molar-refractivity contribution in [3.05, 3.63) is 12.2 Å². The number of esters is 1. The largest absolute Gasteiger partial charge is 0.468 e. The second-order valence-electron chi connectivity index (χ2n) is 8.15. The number of rotatable bonds is 1. The van der Waals surface area contributed by atoms with Gasteiger partial charge in [-0.1, -0.05) is 26.0 Å². The van der Waals surface area contributed by atoms with Crippen LogP contribution in [0.4, 0.5) is 0 Å². The Morgan fingerprint density at radius 2 is 1.92 bits per heavy atom. The average Bonchev–Trinajstić information content (AvgIpc) is 3.11. The fourth-order valence-corrected chi connectivity index (χ4v) is 6.32. The van der Waals surface area contributed by atoms with Crippen LogP contribution in [0, 0.1) is 46.8 Å². The van der Waals surface area contributed by atoms with Crippen molar-refractivity contribution in [3.63, 3.8) is 0 Å². The van der Waals surface area contributed by atoms with Gasteiger partial charge in [-0.2, -0.15) is 0 Å². The summed E-state index contributed by atoms with van der Waals surface area (Å²) < 4.78 is 5.04. The van der Waals surface area contributed by atoms with Crippen LogP contribution < -0.4 is 0 Å². The molecule has 0 spiro atoms. The third kappa shape index (κ3) is 1.62. The highest BCUT2D eigenvalue weighted by Gasteiger charge is 2.72. The lowest BCUT2D eigenvalue weighted by atomic mass is 9.47. The van der Waals surface area contributed by atoms with Gasteiger partial charge < -0.3 is 9.84 Å². The van der Waals surface area contributed by atoms with Gasteiger partial charge in [0.1, 0.15) is 11.2 Å². The van der Waals surface area contributed by atoms with E-state index >= 15 is 0 Å². The van der Waals surface area contributed by atoms with E-state index in [1.807, 2.05) is 26.0 Å². The quantitative estimate of drug-likeness (QED) is 0.446. The maximum atomic E-state index is 13.6. The fourth-order valence-electron chi connectivity index (χ4n) is 6.32. The molecule has 0 heterocycles. The monoisotopic (exact) mass is 332 g/mol. The van der Waals surface area contributed by atoms with Gasteiger partial charge in [0, 0.05) is 17.8 Å². The van der Waals surface area contributed by atoms with Crippen LogP contribution >= 0.6 is 0 Å². The molecule has 24 heavy (non-hydrogen) atoms. The van der Waals surface area contributed by atoms with Crippen molar-refractivity contribution >= 4 is 17.5 Å². The van der Waals surface area contributed by atoms with Gasteiger partial charge in [0.2, 0.25) is 0 Å². The molecule has 130 valence electrons. The van der Waals surface area contributed by atoms with E-state index < -0.39 is 35.2 Å². The van der Waals surface area contributed by atoms with Crippen molar-refractivity contribution in [3.8, 4) is 0 Å². The lowest BCUT2D eigenvalue weighted by Gasteiger charge is -2.52. The van der Waals surface area contributed by atoms with E-state index in [0.717, 1.165) is 0 Å². The molecule has 9 atom stereocenters. The van der Waals surface area contributed by atoms with Gasteiger partial charge in [-0.25, -0.2) is 0 Å². The molecular weight excluding hydrogens is 308 g/mol. The highest BCUT2D eigenvalue weighted by atomic mass is 16.5. The molecule has 4 aliphatic carbocycles. The number of aliphatic hydroxyl groups is 1. The minimum absolute atomic E-state index is 0.0139. The molecule has 0 amide bonds. The molecule has 0 aromatic heterocycles. The molecule has 4 rings (SSSR count). The summed E-state index contributed by atoms with van der Waals surface area (Å²) in [7, 11) is 1.29. The zero-order valence-corrected chi connectivity index (χ0v) is 14.3. The van der Waals surface area contributed by atoms with Gasteiger partial charge >= 0.3 is 5.97 Å². The standard InChI is InChI=1S/C19H24O5/c1-8-4-5-9(2)19(18(23)24-3)15(8)16(21)14-11-6-10(7-12(11)20)13(14)17(19)22/h4-5,8-15,20H,6-7H2,1-3H3/t8?,9?,10-,11+,12-,13?,14?,15-,19-/m0/s1. The molecule has 0 radical (unpaired) electrons. The Morgan fingerprint density at radius 1 is 1.21 bits per heavy atom. The molecular formula is C19H24O5. The van der Waals surface area contributed by atoms with Gasteiger partial charge in [-0.3, -0.25) is 14.4 Å². The summed E-state index contributed by atoms with van der Waals surface area (Å²) in [5.74, 6) is -2.88. The van der Waals surface area contributed by atoms with Gasteiger partial charge in [-0.05, 0) is 36.5 Å². The number of carbonyl (C=O) groups excluding carboxylic acids is 3. The van der Waals surface area contributed by atoms with Crippen LogP contribution in [0.15, 0.2) is 12.2 Å². The predicted molar refractivity (Wildman–Crippen MR) is 84.6 cm³/mol. The number of Topliss-reactive ketones (excluding diaryl/α,β-unsaturated/α-hetero) is 2. The lowest BCUT2D eigenvalue weighted by molar-refractivity contribution is -0.182. The Balaban J connectivity index is 1.90. The summed E-state index contributed by atoms with van der Waals surface area (Å²) in [5.41, 5.74) is -1.39. The highest BCUT2D eigenvalue weighted by molar-refractivity contribution is 6.14. The van der Waals surface area contributed by atoms with E-state index in [1.165, 1.54) is 7.11 Å². The number of aliphatic hydroxyl groups excluding tert-OH is 1. The summed E-state index contributed by atoms with van der Waals surface area (Å²) in [6.07, 6.45) is 4.60. The summed E-state index contributed by atoms with van der Waals surface area (Å²) in [4.78, 5) is 39.8. The number of allylic oxidation sites excluding steroid dienone is 2. The molecule has 0 aliphatic heterocycles. The Bertz CT molecular complexity index is 652. The molecule has 5 heteroatoms. The number of carbonyl (C=O) groups is 3. The number of ether oxygens (including phenoxy) is 1. The third-order valence-corrected chi connectivity index (χ3v) is 7.28. The van der Waals surface area contributed by atoms with Crippen LogP contribution in [0.2, 0.25) is 0 Å². The molecule has 3 saturated carbocycles. The Labute approximate surface area is 141 Å². The number of fused-ring (bicyclic) bond motifs is 6. The van der Waals surface area contributed by atoms with Crippen LogP contribution in [0.5, 0.6) is 0 Å². The van der Waals surface area contributed by atoms with E-state index in [1.54, 1.807) is 0 Å². The molecule has 0 aromatic rings. The first-order valence-electron chi connectivity index (χ1n) is 8.88. The zero-order valence-electron chi connectivity index (χ0n) is 14.3. The zero-order chi connectivity index (χ0) is 17.4. The Kier molecular flexibility index (Phi) is 3.34. The average molecular weight is 332 g/mol. The van der Waals surface area contributed by atoms with Crippen LogP contribution in [0.25, 0.3) is 0 Å². The fraction of sp³-hybridized carbons (Fsp3) is 0.737. The topological polar surface area (TPSA) is 80.7 Å². The van der Waals surface area contributed by atoms with Crippen molar-refractivity contribution in [2.24, 2.45) is 46.8 Å². The SMILES string of the molecule is COC(=O)[C@]12C(=O)C3C(C(=O)[C@@H]1C(C)C=CC2C)[C@@H]1C[C@H]3C[C@@H]1O. The number of methoxy groups -OCH3 is 1. The minimum Gasteiger partial charge on any atom is -0.468 e. The van der Waals surface area contributed by atoms with Gasteiger partial charge in [0.15, 0.2) is 5.78 Å². The number of hydrogen-bond acceptors (Lipinski definition) is 5. The number of hydrogen-bond donors (Lipinski definition) is 1.